The zero-order valence-electron chi connectivity index (χ0n) is 18.6. The third kappa shape index (κ3) is 3.31. The van der Waals surface area contributed by atoms with Gasteiger partial charge in [-0.2, -0.15) is 0 Å². The first-order chi connectivity index (χ1) is 14.9. The largest absolute Gasteiger partial charge is 0.396 e. The Kier molecular flexibility index (Phi) is 5.96. The van der Waals surface area contributed by atoms with Crippen molar-refractivity contribution in [3.63, 3.8) is 0 Å². The second-order valence-corrected chi connectivity index (χ2v) is 9.15. The Labute approximate surface area is 183 Å². The van der Waals surface area contributed by atoms with Crippen molar-refractivity contribution in [1.29, 1.82) is 0 Å². The molecule has 1 spiro atoms. The maximum atomic E-state index is 13.7. The molecule has 4 heterocycles. The fraction of sp³-hybridized carbons (Fsp3) is 0.696. The molecular formula is C23H33N3O5. The molecule has 0 aliphatic carbocycles. The number of fused-ring (bicyclic) bond motifs is 2. The van der Waals surface area contributed by atoms with Crippen LogP contribution in [-0.2, 0) is 19.1 Å². The molecule has 5 atom stereocenters. The quantitative estimate of drug-likeness (QED) is 0.621. The number of nitrogens with zero attached hydrogens (tertiary/aromatic N) is 3. The van der Waals surface area contributed by atoms with E-state index in [2.05, 4.69) is 0 Å². The fourth-order valence-corrected chi connectivity index (χ4v) is 5.62. The van der Waals surface area contributed by atoms with Gasteiger partial charge in [0, 0.05) is 38.8 Å². The zero-order chi connectivity index (χ0) is 22.3. The van der Waals surface area contributed by atoms with Gasteiger partial charge >= 0.3 is 0 Å². The highest BCUT2D eigenvalue weighted by atomic mass is 16.5. The number of aliphatic hydroxyl groups is 1. The van der Waals surface area contributed by atoms with E-state index in [0.29, 0.717) is 26.1 Å². The van der Waals surface area contributed by atoms with E-state index in [4.69, 9.17) is 4.74 Å². The average Bonchev–Trinajstić information content (AvgIpc) is 3.04. The van der Waals surface area contributed by atoms with Gasteiger partial charge in [0.1, 0.15) is 11.6 Å². The first kappa shape index (κ1) is 22.0. The van der Waals surface area contributed by atoms with Crippen molar-refractivity contribution >= 4 is 17.7 Å². The first-order valence-corrected chi connectivity index (χ1v) is 11.4. The van der Waals surface area contributed by atoms with E-state index in [1.165, 1.54) is 0 Å². The molecule has 0 bridgehead atoms. The van der Waals surface area contributed by atoms with Crippen molar-refractivity contribution in [3.8, 4) is 0 Å². The normalized spacial score (nSPS) is 34.9. The van der Waals surface area contributed by atoms with E-state index in [-0.39, 0.29) is 36.9 Å². The molecule has 31 heavy (non-hydrogen) atoms. The maximum Gasteiger partial charge on any atom is 0.249 e. The standard InChI is InChI=1S/C23H33N3O5/c1-4-10-24-11-5-8-16-17(20(24)28)18-21(29)26(13-7-14-27)19-22(30)25(15(2)3)12-6-9-23(18,19)31-16/h5-6,8-9,15-19,27H,4,7,10-14H2,1-3H3/t16-,17+,18+,19?,23+/m1/s1. The molecule has 0 saturated carbocycles. The second-order valence-electron chi connectivity index (χ2n) is 9.15. The van der Waals surface area contributed by atoms with Crippen molar-refractivity contribution in [2.24, 2.45) is 11.8 Å². The van der Waals surface area contributed by atoms with Crippen LogP contribution in [0.3, 0.4) is 0 Å². The van der Waals surface area contributed by atoms with Gasteiger partial charge in [0.15, 0.2) is 0 Å². The Bertz CT molecular complexity index is 809. The van der Waals surface area contributed by atoms with Crippen LogP contribution < -0.4 is 0 Å². The summed E-state index contributed by atoms with van der Waals surface area (Å²) in [5.74, 6) is -1.87. The number of rotatable bonds is 6. The fourth-order valence-electron chi connectivity index (χ4n) is 5.62. The number of amides is 3. The summed E-state index contributed by atoms with van der Waals surface area (Å²) in [7, 11) is 0. The van der Waals surface area contributed by atoms with Crippen molar-refractivity contribution in [2.75, 3.05) is 32.8 Å². The minimum atomic E-state index is -1.17. The summed E-state index contributed by atoms with van der Waals surface area (Å²) in [5, 5.41) is 9.38. The molecule has 3 amide bonds. The van der Waals surface area contributed by atoms with Gasteiger partial charge in [-0.3, -0.25) is 14.4 Å². The van der Waals surface area contributed by atoms with Crippen LogP contribution in [0.2, 0.25) is 0 Å². The summed E-state index contributed by atoms with van der Waals surface area (Å²) in [5.41, 5.74) is -1.17. The lowest BCUT2D eigenvalue weighted by Gasteiger charge is -2.36. The third-order valence-corrected chi connectivity index (χ3v) is 6.95. The Hall–Kier alpha value is -2.19. The lowest BCUT2D eigenvalue weighted by Crippen LogP contribution is -2.56. The minimum absolute atomic E-state index is 0.0328. The van der Waals surface area contributed by atoms with Crippen LogP contribution in [0.15, 0.2) is 24.3 Å². The van der Waals surface area contributed by atoms with E-state index in [0.717, 1.165) is 6.42 Å². The summed E-state index contributed by atoms with van der Waals surface area (Å²) >= 11 is 0. The minimum Gasteiger partial charge on any atom is -0.396 e. The van der Waals surface area contributed by atoms with Gasteiger partial charge in [-0.05, 0) is 26.7 Å². The molecule has 8 heteroatoms. The van der Waals surface area contributed by atoms with Gasteiger partial charge in [0.25, 0.3) is 0 Å². The third-order valence-electron chi connectivity index (χ3n) is 6.95. The molecular weight excluding hydrogens is 398 g/mol. The van der Waals surface area contributed by atoms with Gasteiger partial charge in [-0.25, -0.2) is 0 Å². The number of ether oxygens (including phenoxy) is 1. The molecule has 8 nitrogen and oxygen atoms in total. The summed E-state index contributed by atoms with van der Waals surface area (Å²) in [6.45, 7) is 7.66. The zero-order valence-corrected chi connectivity index (χ0v) is 18.6. The Morgan fingerprint density at radius 2 is 1.90 bits per heavy atom. The van der Waals surface area contributed by atoms with Gasteiger partial charge < -0.3 is 24.5 Å². The van der Waals surface area contributed by atoms with Crippen LogP contribution >= 0.6 is 0 Å². The predicted octanol–water partition coefficient (Wildman–Crippen LogP) is 0.565. The molecule has 4 rings (SSSR count). The molecule has 1 unspecified atom stereocenters. The van der Waals surface area contributed by atoms with Crippen LogP contribution in [0, 0.1) is 11.8 Å². The molecule has 170 valence electrons. The molecule has 0 aromatic heterocycles. The van der Waals surface area contributed by atoms with Crippen molar-refractivity contribution in [2.45, 2.75) is 57.4 Å². The average molecular weight is 432 g/mol. The lowest BCUT2D eigenvalue weighted by atomic mass is 9.77. The van der Waals surface area contributed by atoms with E-state index in [1.807, 2.05) is 45.1 Å². The Morgan fingerprint density at radius 1 is 1.13 bits per heavy atom. The van der Waals surface area contributed by atoms with Crippen LogP contribution in [0.4, 0.5) is 0 Å². The van der Waals surface area contributed by atoms with Crippen molar-refractivity contribution in [3.05, 3.63) is 24.3 Å². The Morgan fingerprint density at radius 3 is 2.58 bits per heavy atom. The number of hydrogen-bond donors (Lipinski definition) is 1. The molecule has 4 aliphatic heterocycles. The number of likely N-dealkylation sites (tertiary alicyclic amines) is 1. The van der Waals surface area contributed by atoms with E-state index in [9.17, 15) is 19.5 Å². The van der Waals surface area contributed by atoms with Crippen LogP contribution in [0.5, 0.6) is 0 Å². The highest BCUT2D eigenvalue weighted by Crippen LogP contribution is 2.53. The van der Waals surface area contributed by atoms with Crippen LogP contribution in [0.1, 0.15) is 33.6 Å². The van der Waals surface area contributed by atoms with Crippen LogP contribution in [0.25, 0.3) is 0 Å². The van der Waals surface area contributed by atoms with Gasteiger partial charge in [-0.15, -0.1) is 0 Å². The van der Waals surface area contributed by atoms with E-state index < -0.39 is 29.6 Å². The summed E-state index contributed by atoms with van der Waals surface area (Å²) in [4.78, 5) is 46.0. The maximum absolute atomic E-state index is 13.7. The number of carbonyl (C=O) groups excluding carboxylic acids is 3. The molecule has 0 aromatic carbocycles. The topological polar surface area (TPSA) is 90.4 Å². The smallest absolute Gasteiger partial charge is 0.249 e. The van der Waals surface area contributed by atoms with Gasteiger partial charge in [0.05, 0.1) is 17.9 Å². The highest BCUT2D eigenvalue weighted by molar-refractivity contribution is 5.99. The van der Waals surface area contributed by atoms with Gasteiger partial charge in [0.2, 0.25) is 17.7 Å². The highest BCUT2D eigenvalue weighted by Gasteiger charge is 2.71. The molecule has 2 saturated heterocycles. The predicted molar refractivity (Wildman–Crippen MR) is 114 cm³/mol. The summed E-state index contributed by atoms with van der Waals surface area (Å²) in [6.07, 6.45) is 8.24. The number of carbonyl (C=O) groups is 3. The molecule has 4 aliphatic rings. The van der Waals surface area contributed by atoms with E-state index >= 15 is 0 Å². The monoisotopic (exact) mass is 431 g/mol. The van der Waals surface area contributed by atoms with Crippen LogP contribution in [-0.4, -0.2) is 94.1 Å². The van der Waals surface area contributed by atoms with Gasteiger partial charge in [-0.1, -0.05) is 31.2 Å². The SMILES string of the molecule is CCCN1CC=C[C@H]2O[C@]34C=CCN(C(C)C)C(=O)C3N(CCCO)C(=O)[C@@H]4[C@H]2C1=O. The Balaban J connectivity index is 1.80. The lowest BCUT2D eigenvalue weighted by molar-refractivity contribution is -0.149. The molecule has 1 N–H and O–H groups in total. The molecule has 0 radical (unpaired) electrons. The van der Waals surface area contributed by atoms with Crippen molar-refractivity contribution < 1.29 is 24.2 Å². The number of hydrogen-bond acceptors (Lipinski definition) is 5. The first-order valence-electron chi connectivity index (χ1n) is 11.4. The molecule has 0 aromatic rings. The number of aliphatic hydroxyl groups excluding tert-OH is 1. The summed E-state index contributed by atoms with van der Waals surface area (Å²) in [6, 6.07) is -0.861. The van der Waals surface area contributed by atoms with Crippen molar-refractivity contribution in [1.82, 2.24) is 14.7 Å². The summed E-state index contributed by atoms with van der Waals surface area (Å²) < 4.78 is 6.52. The van der Waals surface area contributed by atoms with E-state index in [1.54, 1.807) is 14.7 Å². The molecule has 2 fully saturated rings. The second kappa shape index (κ2) is 8.39.